The number of nitrogens with two attached hydrogens (primary N) is 1. The second-order valence-electron chi connectivity index (χ2n) is 11.3. The molecule has 3 aromatic rings. The molecule has 3 fully saturated rings. The van der Waals surface area contributed by atoms with Crippen molar-refractivity contribution in [1.82, 2.24) is 29.7 Å². The molecule has 2 amide bonds. The van der Waals surface area contributed by atoms with E-state index in [-0.39, 0.29) is 29.4 Å². The Hall–Kier alpha value is -4.25. The molecule has 3 aliphatic rings. The van der Waals surface area contributed by atoms with Gasteiger partial charge in [0.05, 0.1) is 12.9 Å². The number of aliphatic hydroxyl groups excluding tert-OH is 2. The summed E-state index contributed by atoms with van der Waals surface area (Å²) in [6.07, 6.45) is 0.664. The highest BCUT2D eigenvalue weighted by Gasteiger charge is 2.48. The van der Waals surface area contributed by atoms with E-state index in [1.54, 1.807) is 4.90 Å². The van der Waals surface area contributed by atoms with E-state index in [1.807, 2.05) is 30.3 Å². The van der Waals surface area contributed by atoms with Crippen LogP contribution >= 0.6 is 0 Å². The van der Waals surface area contributed by atoms with Crippen LogP contribution in [0.15, 0.2) is 36.7 Å². The number of carbonyl (C=O) groups is 2. The summed E-state index contributed by atoms with van der Waals surface area (Å²) in [5.41, 5.74) is 7.83. The number of aromatic nitrogens is 4. The van der Waals surface area contributed by atoms with Crippen LogP contribution < -0.4 is 11.1 Å². The predicted octanol–water partition coefficient (Wildman–Crippen LogP) is 1.14. The van der Waals surface area contributed by atoms with Gasteiger partial charge in [-0.3, -0.25) is 9.36 Å². The van der Waals surface area contributed by atoms with Gasteiger partial charge >= 0.3 is 6.09 Å². The van der Waals surface area contributed by atoms with Gasteiger partial charge in [-0.2, -0.15) is 0 Å². The van der Waals surface area contributed by atoms with Crippen molar-refractivity contribution in [2.75, 3.05) is 25.4 Å². The van der Waals surface area contributed by atoms with Gasteiger partial charge in [0.1, 0.15) is 17.7 Å². The molecule has 5 N–H and O–H groups in total. The minimum Gasteiger partial charge on any atom is -0.449 e. The lowest BCUT2D eigenvalue weighted by Crippen LogP contribution is -2.43. The Balaban J connectivity index is 1.04. The van der Waals surface area contributed by atoms with E-state index in [0.717, 1.165) is 31.2 Å². The van der Waals surface area contributed by atoms with Gasteiger partial charge in [0, 0.05) is 32.0 Å². The van der Waals surface area contributed by atoms with Gasteiger partial charge in [-0.25, -0.2) is 19.7 Å². The molecule has 4 atom stereocenters. The van der Waals surface area contributed by atoms with Crippen LogP contribution in [0.25, 0.3) is 11.2 Å². The van der Waals surface area contributed by atoms with Crippen molar-refractivity contribution in [2.24, 2.45) is 5.92 Å². The molecule has 6 rings (SSSR count). The van der Waals surface area contributed by atoms with Gasteiger partial charge in [-0.1, -0.05) is 36.3 Å². The van der Waals surface area contributed by atoms with Crippen molar-refractivity contribution in [3.63, 3.8) is 0 Å². The average Bonchev–Trinajstić information content (AvgIpc) is 3.65. The maximum atomic E-state index is 12.5. The van der Waals surface area contributed by atoms with Crippen LogP contribution in [-0.4, -0.2) is 90.7 Å². The molecule has 2 unspecified atom stereocenters. The highest BCUT2D eigenvalue weighted by Crippen LogP contribution is 2.33. The second-order valence-corrected chi connectivity index (χ2v) is 11.3. The Morgan fingerprint density at radius 2 is 1.86 bits per heavy atom. The molecule has 1 aliphatic carbocycles. The maximum Gasteiger partial charge on any atom is 0.409 e. The molecule has 2 saturated heterocycles. The molecule has 13 nitrogen and oxygen atoms in total. The Morgan fingerprint density at radius 1 is 1.09 bits per heavy atom. The van der Waals surface area contributed by atoms with Gasteiger partial charge in [0.15, 0.2) is 23.8 Å². The zero-order chi connectivity index (χ0) is 29.9. The number of rotatable bonds is 7. The SMILES string of the molecule is Nc1nc(C#CCC2CCN(C(=O)OCCc3ccccc3)CC2)nc2c1ncn2[C@@H]1O[C@H](C(=O)NC2CC2)C(O)C1O. The number of piperidine rings is 1. The van der Waals surface area contributed by atoms with Gasteiger partial charge < -0.3 is 35.6 Å². The number of nitrogens with zero attached hydrogens (tertiary/aromatic N) is 5. The quantitative estimate of drug-likeness (QED) is 0.292. The van der Waals surface area contributed by atoms with E-state index in [1.165, 1.54) is 10.9 Å². The zero-order valence-electron chi connectivity index (χ0n) is 23.6. The molecule has 1 aromatic carbocycles. The number of likely N-dealkylation sites (tertiary alicyclic amines) is 1. The monoisotopic (exact) mass is 589 g/mol. The Kier molecular flexibility index (Phi) is 8.42. The summed E-state index contributed by atoms with van der Waals surface area (Å²) in [6.45, 7) is 1.57. The van der Waals surface area contributed by atoms with Crippen molar-refractivity contribution < 1.29 is 29.3 Å². The van der Waals surface area contributed by atoms with Crippen LogP contribution in [0.2, 0.25) is 0 Å². The molecule has 0 bridgehead atoms. The lowest BCUT2D eigenvalue weighted by molar-refractivity contribution is -0.137. The van der Waals surface area contributed by atoms with E-state index in [9.17, 15) is 19.8 Å². The van der Waals surface area contributed by atoms with E-state index in [2.05, 4.69) is 32.1 Å². The van der Waals surface area contributed by atoms with Crippen molar-refractivity contribution in [3.05, 3.63) is 48.0 Å². The molecule has 13 heteroatoms. The van der Waals surface area contributed by atoms with Crippen LogP contribution in [0, 0.1) is 17.8 Å². The average molecular weight is 590 g/mol. The summed E-state index contributed by atoms with van der Waals surface area (Å²) < 4.78 is 12.7. The number of amides is 2. The third kappa shape index (κ3) is 6.56. The molecule has 2 aromatic heterocycles. The Morgan fingerprint density at radius 3 is 2.60 bits per heavy atom. The lowest BCUT2D eigenvalue weighted by Gasteiger charge is -2.30. The van der Waals surface area contributed by atoms with Crippen LogP contribution in [0.1, 0.15) is 49.7 Å². The molecule has 0 spiro atoms. The summed E-state index contributed by atoms with van der Waals surface area (Å²) in [6, 6.07) is 10.0. The van der Waals surface area contributed by atoms with Gasteiger partial charge in [0.25, 0.3) is 5.91 Å². The molecule has 226 valence electrons. The van der Waals surface area contributed by atoms with E-state index in [4.69, 9.17) is 15.2 Å². The molecular formula is C30H35N7O6. The van der Waals surface area contributed by atoms with E-state index < -0.39 is 30.4 Å². The molecule has 1 saturated carbocycles. The third-order valence-electron chi connectivity index (χ3n) is 8.07. The number of fused-ring (bicyclic) bond motifs is 1. The number of ether oxygens (including phenoxy) is 2. The second kappa shape index (κ2) is 12.5. The summed E-state index contributed by atoms with van der Waals surface area (Å²) in [4.78, 5) is 39.7. The smallest absolute Gasteiger partial charge is 0.409 e. The molecular weight excluding hydrogens is 554 g/mol. The highest BCUT2D eigenvalue weighted by atomic mass is 16.6. The fraction of sp³-hybridized carbons (Fsp3) is 0.500. The fourth-order valence-corrected chi connectivity index (χ4v) is 5.38. The molecule has 2 aliphatic heterocycles. The van der Waals surface area contributed by atoms with Crippen molar-refractivity contribution >= 4 is 29.0 Å². The maximum absolute atomic E-state index is 12.5. The van der Waals surface area contributed by atoms with E-state index >= 15 is 0 Å². The van der Waals surface area contributed by atoms with Crippen LogP contribution in [0.5, 0.6) is 0 Å². The predicted molar refractivity (Wildman–Crippen MR) is 154 cm³/mol. The number of imidazole rings is 1. The summed E-state index contributed by atoms with van der Waals surface area (Å²) >= 11 is 0. The van der Waals surface area contributed by atoms with Crippen molar-refractivity contribution in [3.8, 4) is 11.8 Å². The first-order chi connectivity index (χ1) is 20.9. The van der Waals surface area contributed by atoms with Gasteiger partial charge in [-0.15, -0.1) is 0 Å². The fourth-order valence-electron chi connectivity index (χ4n) is 5.38. The normalized spacial score (nSPS) is 24.0. The number of nitrogens with one attached hydrogen (secondary N) is 1. The van der Waals surface area contributed by atoms with E-state index in [0.29, 0.717) is 44.0 Å². The summed E-state index contributed by atoms with van der Waals surface area (Å²) in [5, 5.41) is 24.0. The number of carbonyl (C=O) groups excluding carboxylic acids is 2. The minimum absolute atomic E-state index is 0.0847. The number of anilines is 1. The number of hydrogen-bond acceptors (Lipinski definition) is 10. The Bertz CT molecular complexity index is 1520. The van der Waals surface area contributed by atoms with Crippen LogP contribution in [0.4, 0.5) is 10.6 Å². The van der Waals surface area contributed by atoms with Crippen LogP contribution in [-0.2, 0) is 20.7 Å². The first-order valence-electron chi connectivity index (χ1n) is 14.6. The largest absolute Gasteiger partial charge is 0.449 e. The topological polar surface area (TPSA) is 178 Å². The first kappa shape index (κ1) is 28.9. The lowest BCUT2D eigenvalue weighted by atomic mass is 9.94. The summed E-state index contributed by atoms with van der Waals surface area (Å²) in [5.74, 6) is 6.25. The number of benzene rings is 1. The van der Waals surface area contributed by atoms with Crippen molar-refractivity contribution in [1.29, 1.82) is 0 Å². The van der Waals surface area contributed by atoms with Crippen molar-refractivity contribution in [2.45, 2.75) is 69.1 Å². The van der Waals surface area contributed by atoms with Crippen LogP contribution in [0.3, 0.4) is 0 Å². The molecule has 4 heterocycles. The Labute approximate surface area is 248 Å². The molecule has 43 heavy (non-hydrogen) atoms. The first-order valence-corrected chi connectivity index (χ1v) is 14.6. The number of hydrogen-bond donors (Lipinski definition) is 4. The highest BCUT2D eigenvalue weighted by molar-refractivity contribution is 5.83. The summed E-state index contributed by atoms with van der Waals surface area (Å²) in [7, 11) is 0. The number of nitrogen functional groups attached to an aromatic ring is 1. The third-order valence-corrected chi connectivity index (χ3v) is 8.07. The van der Waals surface area contributed by atoms with Gasteiger partial charge in [0.2, 0.25) is 5.82 Å². The standard InChI is InChI=1S/C30H35N7O6/c31-26-22-27(37(17-32-22)29-24(39)23(38)25(43-29)28(40)33-20-9-10-20)35-21(34-26)8-4-7-19-11-14-36(15-12-19)30(41)42-16-13-18-5-2-1-3-6-18/h1-3,5-6,17,19-20,23-25,29,38-39H,7,9-16H2,(H,33,40)(H2,31,34,35)/t23?,24?,25-,29+/m0/s1. The van der Waals surface area contributed by atoms with Gasteiger partial charge in [-0.05, 0) is 43.1 Å². The number of aliphatic hydroxyl groups is 2. The minimum atomic E-state index is -1.41. The zero-order valence-corrected chi connectivity index (χ0v) is 23.6. The molecule has 0 radical (unpaired) electrons.